The van der Waals surface area contributed by atoms with Crippen molar-refractivity contribution in [1.29, 1.82) is 0 Å². The van der Waals surface area contributed by atoms with Crippen molar-refractivity contribution >= 4 is 29.0 Å². The van der Waals surface area contributed by atoms with E-state index in [2.05, 4.69) is 20.8 Å². The fourth-order valence-electron chi connectivity index (χ4n) is 2.77. The SMILES string of the molecule is CCn1c(CNc2ccc(F)cc2)nnc1SCC(=O)Nc1ccc(C)c(C)c1. The van der Waals surface area contributed by atoms with E-state index in [1.807, 2.05) is 43.5 Å². The normalized spacial score (nSPS) is 10.8. The van der Waals surface area contributed by atoms with E-state index in [0.29, 0.717) is 18.2 Å². The predicted molar refractivity (Wildman–Crippen MR) is 115 cm³/mol. The van der Waals surface area contributed by atoms with E-state index in [1.165, 1.54) is 29.5 Å². The van der Waals surface area contributed by atoms with Crippen molar-refractivity contribution in [3.05, 3.63) is 65.2 Å². The molecule has 1 aromatic heterocycles. The van der Waals surface area contributed by atoms with Crippen LogP contribution >= 0.6 is 11.8 Å². The van der Waals surface area contributed by atoms with Crippen LogP contribution in [-0.4, -0.2) is 26.4 Å². The number of rotatable bonds is 8. The molecule has 6 nitrogen and oxygen atoms in total. The zero-order chi connectivity index (χ0) is 20.8. The lowest BCUT2D eigenvalue weighted by atomic mass is 10.1. The zero-order valence-corrected chi connectivity index (χ0v) is 17.5. The Labute approximate surface area is 173 Å². The molecule has 0 aliphatic carbocycles. The first-order valence-corrected chi connectivity index (χ1v) is 10.4. The molecular formula is C21H24FN5OS. The minimum atomic E-state index is -0.273. The van der Waals surface area contributed by atoms with Crippen molar-refractivity contribution < 1.29 is 9.18 Å². The van der Waals surface area contributed by atoms with Crippen LogP contribution in [0.4, 0.5) is 15.8 Å². The topological polar surface area (TPSA) is 71.8 Å². The fraction of sp³-hybridized carbons (Fsp3) is 0.286. The van der Waals surface area contributed by atoms with Crippen LogP contribution in [0.5, 0.6) is 0 Å². The number of aryl methyl sites for hydroxylation is 2. The molecule has 0 saturated carbocycles. The highest BCUT2D eigenvalue weighted by molar-refractivity contribution is 7.99. The molecular weight excluding hydrogens is 389 g/mol. The van der Waals surface area contributed by atoms with Crippen molar-refractivity contribution in [3.63, 3.8) is 0 Å². The van der Waals surface area contributed by atoms with E-state index < -0.39 is 0 Å². The highest BCUT2D eigenvalue weighted by Crippen LogP contribution is 2.19. The van der Waals surface area contributed by atoms with Crippen molar-refractivity contribution in [2.45, 2.75) is 39.0 Å². The number of thioether (sulfide) groups is 1. The standard InChI is InChI=1S/C21H24FN5OS/c1-4-27-19(12-23-17-9-6-16(22)7-10-17)25-26-21(27)29-13-20(28)24-18-8-5-14(2)15(3)11-18/h5-11,23H,4,12-13H2,1-3H3,(H,24,28). The van der Waals surface area contributed by atoms with E-state index in [9.17, 15) is 9.18 Å². The summed E-state index contributed by atoms with van der Waals surface area (Å²) in [5, 5.41) is 15.3. The van der Waals surface area contributed by atoms with E-state index in [1.54, 1.807) is 12.1 Å². The Balaban J connectivity index is 1.57. The molecule has 0 aliphatic heterocycles. The first-order chi connectivity index (χ1) is 14.0. The average molecular weight is 414 g/mol. The van der Waals surface area contributed by atoms with Gasteiger partial charge >= 0.3 is 0 Å². The molecule has 152 valence electrons. The van der Waals surface area contributed by atoms with Crippen LogP contribution in [-0.2, 0) is 17.9 Å². The van der Waals surface area contributed by atoms with Gasteiger partial charge in [-0.05, 0) is 68.3 Å². The Hall–Kier alpha value is -2.87. The Morgan fingerprint density at radius 1 is 1.07 bits per heavy atom. The summed E-state index contributed by atoms with van der Waals surface area (Å²) in [6.07, 6.45) is 0. The molecule has 3 aromatic rings. The average Bonchev–Trinajstić information content (AvgIpc) is 3.10. The van der Waals surface area contributed by atoms with Crippen LogP contribution in [0.1, 0.15) is 23.9 Å². The number of benzene rings is 2. The van der Waals surface area contributed by atoms with E-state index in [4.69, 9.17) is 0 Å². The van der Waals surface area contributed by atoms with Crippen LogP contribution < -0.4 is 10.6 Å². The largest absolute Gasteiger partial charge is 0.378 e. The number of nitrogens with one attached hydrogen (secondary N) is 2. The number of hydrogen-bond acceptors (Lipinski definition) is 5. The molecule has 3 rings (SSSR count). The summed E-state index contributed by atoms with van der Waals surface area (Å²) in [7, 11) is 0. The van der Waals surface area contributed by atoms with Gasteiger partial charge in [0.25, 0.3) is 0 Å². The van der Waals surface area contributed by atoms with Gasteiger partial charge in [0.2, 0.25) is 5.91 Å². The summed E-state index contributed by atoms with van der Waals surface area (Å²) in [5.41, 5.74) is 3.92. The Morgan fingerprint density at radius 3 is 2.48 bits per heavy atom. The molecule has 29 heavy (non-hydrogen) atoms. The highest BCUT2D eigenvalue weighted by atomic mass is 32.2. The number of nitrogens with zero attached hydrogens (tertiary/aromatic N) is 3. The number of carbonyl (C=O) groups excluding carboxylic acids is 1. The number of amides is 1. The molecule has 1 amide bonds. The maximum Gasteiger partial charge on any atom is 0.234 e. The predicted octanol–water partition coefficient (Wildman–Crippen LogP) is 4.40. The maximum atomic E-state index is 13.0. The number of halogens is 1. The molecule has 0 unspecified atom stereocenters. The van der Waals surface area contributed by atoms with Crippen LogP contribution in [0.25, 0.3) is 0 Å². The van der Waals surface area contributed by atoms with Gasteiger partial charge in [-0.3, -0.25) is 4.79 Å². The summed E-state index contributed by atoms with van der Waals surface area (Å²) in [4.78, 5) is 12.3. The smallest absolute Gasteiger partial charge is 0.234 e. The molecule has 0 radical (unpaired) electrons. The van der Waals surface area contributed by atoms with Gasteiger partial charge in [0.05, 0.1) is 12.3 Å². The summed E-state index contributed by atoms with van der Waals surface area (Å²) >= 11 is 1.35. The van der Waals surface area contributed by atoms with E-state index in [-0.39, 0.29) is 17.5 Å². The summed E-state index contributed by atoms with van der Waals surface area (Å²) in [5.74, 6) is 0.644. The first kappa shape index (κ1) is 20.9. The maximum absolute atomic E-state index is 13.0. The molecule has 0 fully saturated rings. The van der Waals surface area contributed by atoms with Crippen molar-refractivity contribution in [2.24, 2.45) is 0 Å². The van der Waals surface area contributed by atoms with E-state index in [0.717, 1.165) is 22.8 Å². The number of hydrogen-bond donors (Lipinski definition) is 2. The lowest BCUT2D eigenvalue weighted by Gasteiger charge is -2.10. The third kappa shape index (κ3) is 5.57. The minimum absolute atomic E-state index is 0.0881. The molecule has 0 aliphatic rings. The Morgan fingerprint density at radius 2 is 1.79 bits per heavy atom. The second-order valence-electron chi connectivity index (χ2n) is 6.64. The Bertz CT molecular complexity index is 987. The molecule has 1 heterocycles. The van der Waals surface area contributed by atoms with Crippen molar-refractivity contribution in [3.8, 4) is 0 Å². The van der Waals surface area contributed by atoms with Crippen molar-refractivity contribution in [2.75, 3.05) is 16.4 Å². The zero-order valence-electron chi connectivity index (χ0n) is 16.7. The summed E-state index contributed by atoms with van der Waals surface area (Å²) < 4.78 is 15.0. The number of aromatic nitrogens is 3. The second kappa shape index (κ2) is 9.56. The van der Waals surface area contributed by atoms with Gasteiger partial charge in [-0.15, -0.1) is 10.2 Å². The molecule has 0 saturated heterocycles. The third-order valence-corrected chi connectivity index (χ3v) is 5.49. The van der Waals surface area contributed by atoms with Gasteiger partial charge < -0.3 is 15.2 Å². The third-order valence-electron chi connectivity index (χ3n) is 4.53. The molecule has 8 heteroatoms. The van der Waals surface area contributed by atoms with Crippen LogP contribution in [0.3, 0.4) is 0 Å². The summed E-state index contributed by atoms with van der Waals surface area (Å²) in [6, 6.07) is 12.0. The molecule has 0 bridgehead atoms. The molecule has 2 N–H and O–H groups in total. The lowest BCUT2D eigenvalue weighted by Crippen LogP contribution is -2.15. The fourth-order valence-corrected chi connectivity index (χ4v) is 3.59. The van der Waals surface area contributed by atoms with Gasteiger partial charge in [-0.2, -0.15) is 0 Å². The van der Waals surface area contributed by atoms with Crippen LogP contribution in [0, 0.1) is 19.7 Å². The van der Waals surface area contributed by atoms with Gasteiger partial charge in [-0.25, -0.2) is 4.39 Å². The van der Waals surface area contributed by atoms with E-state index >= 15 is 0 Å². The minimum Gasteiger partial charge on any atom is -0.378 e. The molecule has 2 aromatic carbocycles. The number of anilines is 2. The molecule has 0 spiro atoms. The first-order valence-electron chi connectivity index (χ1n) is 9.37. The number of carbonyl (C=O) groups is 1. The van der Waals surface area contributed by atoms with Gasteiger partial charge in [0, 0.05) is 17.9 Å². The lowest BCUT2D eigenvalue weighted by molar-refractivity contribution is -0.113. The van der Waals surface area contributed by atoms with Crippen LogP contribution in [0.15, 0.2) is 47.6 Å². The van der Waals surface area contributed by atoms with Crippen LogP contribution in [0.2, 0.25) is 0 Å². The quantitative estimate of drug-likeness (QED) is 0.536. The summed E-state index contributed by atoms with van der Waals surface area (Å²) in [6.45, 7) is 7.21. The van der Waals surface area contributed by atoms with Crippen molar-refractivity contribution in [1.82, 2.24) is 14.8 Å². The van der Waals surface area contributed by atoms with Gasteiger partial charge in [0.1, 0.15) is 5.82 Å². The highest BCUT2D eigenvalue weighted by Gasteiger charge is 2.13. The molecule has 0 atom stereocenters. The van der Waals surface area contributed by atoms with Gasteiger partial charge in [-0.1, -0.05) is 17.8 Å². The second-order valence-corrected chi connectivity index (χ2v) is 7.58. The Kier molecular flexibility index (Phi) is 6.87. The monoisotopic (exact) mass is 413 g/mol. The van der Waals surface area contributed by atoms with Gasteiger partial charge in [0.15, 0.2) is 11.0 Å².